The van der Waals surface area contributed by atoms with Gasteiger partial charge in [0.15, 0.2) is 0 Å². The molecule has 1 amide bonds. The van der Waals surface area contributed by atoms with Crippen molar-refractivity contribution < 1.29 is 22.7 Å². The summed E-state index contributed by atoms with van der Waals surface area (Å²) in [6, 6.07) is 0. The van der Waals surface area contributed by atoms with Crippen LogP contribution in [0, 0.1) is 17.8 Å². The van der Waals surface area contributed by atoms with Crippen molar-refractivity contribution in [1.82, 2.24) is 5.32 Å². The normalized spacial score (nSPS) is 18.3. The Kier molecular flexibility index (Phi) is 4.49. The summed E-state index contributed by atoms with van der Waals surface area (Å²) < 4.78 is 41.7. The van der Waals surface area contributed by atoms with E-state index in [1.165, 1.54) is 6.92 Å². The maximum atomic E-state index is 12.5. The minimum Gasteiger partial charge on any atom is -0.453 e. The first kappa shape index (κ1) is 14.7. The molecule has 1 aliphatic rings. The fourth-order valence-electron chi connectivity index (χ4n) is 1.51. The molecule has 1 unspecified atom stereocenters. The van der Waals surface area contributed by atoms with Crippen molar-refractivity contribution in [2.24, 2.45) is 5.92 Å². The van der Waals surface area contributed by atoms with Crippen LogP contribution in [-0.4, -0.2) is 24.9 Å². The van der Waals surface area contributed by atoms with Crippen molar-refractivity contribution in [2.75, 3.05) is 7.11 Å². The van der Waals surface area contributed by atoms with Crippen LogP contribution in [0.4, 0.5) is 18.0 Å². The number of amides is 1. The highest BCUT2D eigenvalue weighted by atomic mass is 19.4. The number of ether oxygens (including phenoxy) is 1. The monoisotopic (exact) mass is 263 g/mol. The first-order valence-electron chi connectivity index (χ1n) is 5.65. The first-order chi connectivity index (χ1) is 8.24. The number of hydrogen-bond donors (Lipinski definition) is 1. The SMILES string of the molecule is COC(=O)NC(C)(CC#CC1CC1)CC(F)(F)F. The van der Waals surface area contributed by atoms with Crippen LogP contribution < -0.4 is 5.32 Å². The number of nitrogens with one attached hydrogen (secondary N) is 1. The topological polar surface area (TPSA) is 38.3 Å². The minimum atomic E-state index is -4.36. The molecule has 18 heavy (non-hydrogen) atoms. The fraction of sp³-hybridized carbons (Fsp3) is 0.750. The zero-order valence-electron chi connectivity index (χ0n) is 10.4. The van der Waals surface area contributed by atoms with Gasteiger partial charge >= 0.3 is 12.3 Å². The number of carbonyl (C=O) groups is 1. The Morgan fingerprint density at radius 1 is 1.44 bits per heavy atom. The average Bonchev–Trinajstić information content (AvgIpc) is 2.98. The summed E-state index contributed by atoms with van der Waals surface area (Å²) in [6.45, 7) is 1.32. The molecule has 0 spiro atoms. The highest BCUT2D eigenvalue weighted by Gasteiger charge is 2.40. The molecule has 1 aliphatic carbocycles. The van der Waals surface area contributed by atoms with E-state index in [4.69, 9.17) is 0 Å². The van der Waals surface area contributed by atoms with E-state index in [9.17, 15) is 18.0 Å². The number of halogens is 3. The smallest absolute Gasteiger partial charge is 0.407 e. The van der Waals surface area contributed by atoms with E-state index in [1.54, 1.807) is 0 Å². The third-order valence-electron chi connectivity index (χ3n) is 2.54. The molecule has 1 rings (SSSR count). The van der Waals surface area contributed by atoms with Gasteiger partial charge in [-0.25, -0.2) is 4.79 Å². The van der Waals surface area contributed by atoms with Crippen molar-refractivity contribution in [1.29, 1.82) is 0 Å². The average molecular weight is 263 g/mol. The van der Waals surface area contributed by atoms with E-state index < -0.39 is 24.2 Å². The molecule has 0 aromatic rings. The number of alkyl carbamates (subject to hydrolysis) is 1. The number of methoxy groups -OCH3 is 1. The van der Waals surface area contributed by atoms with Gasteiger partial charge in [-0.2, -0.15) is 13.2 Å². The van der Waals surface area contributed by atoms with Gasteiger partial charge < -0.3 is 10.1 Å². The van der Waals surface area contributed by atoms with E-state index in [1.807, 2.05) is 0 Å². The maximum Gasteiger partial charge on any atom is 0.407 e. The van der Waals surface area contributed by atoms with Crippen LogP contribution in [-0.2, 0) is 4.74 Å². The fourth-order valence-corrected chi connectivity index (χ4v) is 1.51. The molecule has 0 aromatic carbocycles. The lowest BCUT2D eigenvalue weighted by atomic mass is 9.93. The van der Waals surface area contributed by atoms with Crippen LogP contribution in [0.5, 0.6) is 0 Å². The molecule has 0 radical (unpaired) electrons. The molecule has 3 nitrogen and oxygen atoms in total. The lowest BCUT2D eigenvalue weighted by molar-refractivity contribution is -0.147. The summed E-state index contributed by atoms with van der Waals surface area (Å²) >= 11 is 0. The molecule has 0 aromatic heterocycles. The lowest BCUT2D eigenvalue weighted by Crippen LogP contribution is -2.48. The van der Waals surface area contributed by atoms with Gasteiger partial charge in [0.2, 0.25) is 0 Å². The summed E-state index contributed by atoms with van der Waals surface area (Å²) in [4.78, 5) is 11.1. The number of hydrogen-bond acceptors (Lipinski definition) is 2. The largest absolute Gasteiger partial charge is 0.453 e. The van der Waals surface area contributed by atoms with E-state index in [-0.39, 0.29) is 6.42 Å². The zero-order chi connectivity index (χ0) is 13.8. The van der Waals surface area contributed by atoms with Crippen LogP contribution in [0.15, 0.2) is 0 Å². The van der Waals surface area contributed by atoms with Gasteiger partial charge in [0, 0.05) is 12.3 Å². The lowest BCUT2D eigenvalue weighted by Gasteiger charge is -2.29. The Labute approximate surface area is 104 Å². The van der Waals surface area contributed by atoms with E-state index in [0.717, 1.165) is 20.0 Å². The van der Waals surface area contributed by atoms with Crippen LogP contribution in [0.2, 0.25) is 0 Å². The second-order valence-electron chi connectivity index (χ2n) is 4.74. The molecule has 102 valence electrons. The Morgan fingerprint density at radius 2 is 2.06 bits per heavy atom. The Morgan fingerprint density at radius 3 is 2.50 bits per heavy atom. The predicted octanol–water partition coefficient (Wildman–Crippen LogP) is 2.86. The van der Waals surface area contributed by atoms with Crippen molar-refractivity contribution in [3.05, 3.63) is 0 Å². The van der Waals surface area contributed by atoms with Gasteiger partial charge in [-0.3, -0.25) is 0 Å². The van der Waals surface area contributed by atoms with Gasteiger partial charge in [0.1, 0.15) is 0 Å². The van der Waals surface area contributed by atoms with E-state index in [0.29, 0.717) is 5.92 Å². The van der Waals surface area contributed by atoms with Gasteiger partial charge in [-0.1, -0.05) is 5.92 Å². The van der Waals surface area contributed by atoms with Crippen molar-refractivity contribution in [3.63, 3.8) is 0 Å². The third-order valence-corrected chi connectivity index (χ3v) is 2.54. The van der Waals surface area contributed by atoms with Gasteiger partial charge in [-0.15, -0.1) is 5.92 Å². The Bertz CT molecular complexity index is 366. The van der Waals surface area contributed by atoms with Crippen molar-refractivity contribution >= 4 is 6.09 Å². The third kappa shape index (κ3) is 5.80. The van der Waals surface area contributed by atoms with E-state index in [2.05, 4.69) is 21.9 Å². The van der Waals surface area contributed by atoms with Crippen molar-refractivity contribution in [3.8, 4) is 11.8 Å². The molecule has 1 atom stereocenters. The zero-order valence-corrected chi connectivity index (χ0v) is 10.4. The summed E-state index contributed by atoms with van der Waals surface area (Å²) in [5.74, 6) is 5.92. The number of carbonyl (C=O) groups excluding carboxylic acids is 1. The molecule has 1 saturated carbocycles. The molecule has 0 bridgehead atoms. The second kappa shape index (κ2) is 5.51. The van der Waals surface area contributed by atoms with Crippen LogP contribution in [0.25, 0.3) is 0 Å². The molecule has 1 N–H and O–H groups in total. The Balaban J connectivity index is 2.65. The molecule has 0 heterocycles. The molecule has 1 fully saturated rings. The summed E-state index contributed by atoms with van der Waals surface area (Å²) in [5, 5.41) is 2.21. The molecule has 0 aliphatic heterocycles. The molecular formula is C12H16F3NO2. The maximum absolute atomic E-state index is 12.5. The molecule has 6 heteroatoms. The highest BCUT2D eigenvalue weighted by molar-refractivity contribution is 5.68. The van der Waals surface area contributed by atoms with Crippen LogP contribution in [0.1, 0.15) is 32.6 Å². The summed E-state index contributed by atoms with van der Waals surface area (Å²) in [6.07, 6.45) is -4.40. The predicted molar refractivity (Wildman–Crippen MR) is 59.7 cm³/mol. The van der Waals surface area contributed by atoms with Crippen LogP contribution in [0.3, 0.4) is 0 Å². The Hall–Kier alpha value is -1.38. The van der Waals surface area contributed by atoms with Gasteiger partial charge in [0.25, 0.3) is 0 Å². The second-order valence-corrected chi connectivity index (χ2v) is 4.74. The number of alkyl halides is 3. The van der Waals surface area contributed by atoms with Crippen molar-refractivity contribution in [2.45, 2.75) is 44.3 Å². The van der Waals surface area contributed by atoms with E-state index >= 15 is 0 Å². The van der Waals surface area contributed by atoms with Gasteiger partial charge in [-0.05, 0) is 19.8 Å². The highest BCUT2D eigenvalue weighted by Crippen LogP contribution is 2.30. The van der Waals surface area contributed by atoms with Gasteiger partial charge in [0.05, 0.1) is 19.1 Å². The standard InChI is InChI=1S/C12H16F3NO2/c1-11(8-12(13,14)15,16-10(17)18-2)7-3-4-9-5-6-9/h9H,5-8H2,1-2H3,(H,16,17). The first-order valence-corrected chi connectivity index (χ1v) is 5.65. The number of rotatable bonds is 3. The summed E-state index contributed by atoms with van der Waals surface area (Å²) in [5.41, 5.74) is -1.45. The molecule has 0 saturated heterocycles. The van der Waals surface area contributed by atoms with Crippen LogP contribution >= 0.6 is 0 Å². The quantitative estimate of drug-likeness (QED) is 0.795. The molecular weight excluding hydrogens is 247 g/mol. The minimum absolute atomic E-state index is 0.0435. The summed E-state index contributed by atoms with van der Waals surface area (Å²) in [7, 11) is 1.11.